The van der Waals surface area contributed by atoms with Gasteiger partial charge in [-0.15, -0.1) is 0 Å². The summed E-state index contributed by atoms with van der Waals surface area (Å²) in [6.07, 6.45) is 5.29. The number of benzene rings is 1. The summed E-state index contributed by atoms with van der Waals surface area (Å²) in [7, 11) is 0. The number of nitrogens with zero attached hydrogens (tertiary/aromatic N) is 1. The van der Waals surface area contributed by atoms with E-state index in [1.54, 1.807) is 0 Å². The maximum Gasteiger partial charge on any atom is 0.105 e. The summed E-state index contributed by atoms with van der Waals surface area (Å²) in [5.74, 6) is 0.369. The second-order valence-corrected chi connectivity index (χ2v) is 7.12. The molecule has 2 aliphatic rings. The minimum absolute atomic E-state index is 0.326. The first-order chi connectivity index (χ1) is 9.99. The predicted molar refractivity (Wildman–Crippen MR) is 91.1 cm³/mol. The van der Waals surface area contributed by atoms with Crippen molar-refractivity contribution in [3.05, 3.63) is 28.8 Å². The molecular formula is C16H21ClN2OS. The molecule has 1 aromatic carbocycles. The van der Waals surface area contributed by atoms with Crippen molar-refractivity contribution in [2.75, 3.05) is 18.0 Å². The van der Waals surface area contributed by atoms with Gasteiger partial charge in [0.05, 0.1) is 10.6 Å². The van der Waals surface area contributed by atoms with E-state index in [2.05, 4.69) is 4.90 Å². The van der Waals surface area contributed by atoms with Crippen LogP contribution in [-0.2, 0) is 0 Å². The number of thiocarbonyl (C=S) groups is 1. The Morgan fingerprint density at radius 2 is 2.19 bits per heavy atom. The number of hydrogen-bond donors (Lipinski definition) is 2. The van der Waals surface area contributed by atoms with Crippen molar-refractivity contribution in [1.29, 1.82) is 0 Å². The summed E-state index contributed by atoms with van der Waals surface area (Å²) in [6, 6.07) is 5.85. The number of nitrogens with two attached hydrogens (primary N) is 1. The fourth-order valence-electron chi connectivity index (χ4n) is 3.71. The summed E-state index contributed by atoms with van der Waals surface area (Å²) in [6.45, 7) is 1.77. The molecule has 1 saturated carbocycles. The van der Waals surface area contributed by atoms with E-state index in [1.165, 1.54) is 6.42 Å². The molecule has 1 aliphatic heterocycles. The highest BCUT2D eigenvalue weighted by atomic mass is 35.5. The van der Waals surface area contributed by atoms with Gasteiger partial charge in [-0.05, 0) is 37.5 Å². The third-order valence-corrected chi connectivity index (χ3v) is 5.54. The Hall–Kier alpha value is -0.840. The average molecular weight is 325 g/mol. The van der Waals surface area contributed by atoms with E-state index in [-0.39, 0.29) is 0 Å². The SMILES string of the molecule is NC(=S)c1ccc(N2CCC3(O)CCCCC3C2)cc1Cl. The van der Waals surface area contributed by atoms with Gasteiger partial charge in [0.15, 0.2) is 0 Å². The monoisotopic (exact) mass is 324 g/mol. The quantitative estimate of drug-likeness (QED) is 0.821. The van der Waals surface area contributed by atoms with Crippen molar-refractivity contribution >= 4 is 34.5 Å². The number of anilines is 1. The van der Waals surface area contributed by atoms with E-state index in [9.17, 15) is 5.11 Å². The topological polar surface area (TPSA) is 49.5 Å². The van der Waals surface area contributed by atoms with Crippen LogP contribution in [0.3, 0.4) is 0 Å². The largest absolute Gasteiger partial charge is 0.389 e. The molecule has 1 aromatic rings. The third-order valence-electron chi connectivity index (χ3n) is 5.01. The molecule has 3 rings (SSSR count). The molecule has 1 saturated heterocycles. The van der Waals surface area contributed by atoms with Crippen LogP contribution in [0.1, 0.15) is 37.7 Å². The van der Waals surface area contributed by atoms with E-state index in [1.807, 2.05) is 18.2 Å². The van der Waals surface area contributed by atoms with Gasteiger partial charge in [-0.25, -0.2) is 0 Å². The van der Waals surface area contributed by atoms with Crippen molar-refractivity contribution in [2.45, 2.75) is 37.7 Å². The minimum atomic E-state index is -0.447. The van der Waals surface area contributed by atoms with Gasteiger partial charge in [0, 0.05) is 30.3 Å². The van der Waals surface area contributed by atoms with Gasteiger partial charge in [0.25, 0.3) is 0 Å². The minimum Gasteiger partial charge on any atom is -0.389 e. The molecule has 3 nitrogen and oxygen atoms in total. The number of piperidine rings is 1. The van der Waals surface area contributed by atoms with E-state index in [0.717, 1.165) is 50.0 Å². The highest BCUT2D eigenvalue weighted by Crippen LogP contribution is 2.41. The fourth-order valence-corrected chi connectivity index (χ4v) is 4.22. The molecule has 2 fully saturated rings. The maximum absolute atomic E-state index is 10.7. The zero-order chi connectivity index (χ0) is 15.0. The van der Waals surface area contributed by atoms with Gasteiger partial charge in [-0.3, -0.25) is 0 Å². The summed E-state index contributed by atoms with van der Waals surface area (Å²) in [4.78, 5) is 2.64. The third kappa shape index (κ3) is 2.89. The Labute approximate surface area is 136 Å². The molecule has 21 heavy (non-hydrogen) atoms. The van der Waals surface area contributed by atoms with Gasteiger partial charge in [-0.2, -0.15) is 0 Å². The van der Waals surface area contributed by atoms with Crippen LogP contribution >= 0.6 is 23.8 Å². The molecule has 0 bridgehead atoms. The summed E-state index contributed by atoms with van der Waals surface area (Å²) < 4.78 is 0. The van der Waals surface area contributed by atoms with Crippen molar-refractivity contribution in [2.24, 2.45) is 11.7 Å². The van der Waals surface area contributed by atoms with Crippen LogP contribution in [0.15, 0.2) is 18.2 Å². The smallest absolute Gasteiger partial charge is 0.105 e. The molecule has 114 valence electrons. The van der Waals surface area contributed by atoms with Crippen LogP contribution in [-0.4, -0.2) is 28.8 Å². The Balaban J connectivity index is 1.79. The zero-order valence-corrected chi connectivity index (χ0v) is 13.6. The predicted octanol–water partition coefficient (Wildman–Crippen LogP) is 3.11. The van der Waals surface area contributed by atoms with E-state index in [0.29, 0.717) is 15.9 Å². The molecule has 1 aliphatic carbocycles. The average Bonchev–Trinajstić information content (AvgIpc) is 2.45. The number of rotatable bonds is 2. The first-order valence-electron chi connectivity index (χ1n) is 7.56. The molecule has 0 aromatic heterocycles. The molecule has 5 heteroatoms. The number of halogens is 1. The Morgan fingerprint density at radius 1 is 1.38 bits per heavy atom. The van der Waals surface area contributed by atoms with Crippen LogP contribution in [0.25, 0.3) is 0 Å². The molecule has 0 spiro atoms. The number of hydrogen-bond acceptors (Lipinski definition) is 3. The van der Waals surface area contributed by atoms with Crippen LogP contribution in [0.2, 0.25) is 5.02 Å². The van der Waals surface area contributed by atoms with E-state index in [4.69, 9.17) is 29.6 Å². The number of aliphatic hydroxyl groups is 1. The first-order valence-corrected chi connectivity index (χ1v) is 8.35. The van der Waals surface area contributed by atoms with Gasteiger partial charge in [0.2, 0.25) is 0 Å². The summed E-state index contributed by atoms with van der Waals surface area (Å²) >= 11 is 11.3. The fraction of sp³-hybridized carbons (Fsp3) is 0.562. The van der Waals surface area contributed by atoms with Gasteiger partial charge in [-0.1, -0.05) is 36.7 Å². The summed E-state index contributed by atoms with van der Waals surface area (Å²) in [5.41, 5.74) is 7.02. The van der Waals surface area contributed by atoms with Crippen LogP contribution < -0.4 is 10.6 Å². The van der Waals surface area contributed by atoms with Gasteiger partial charge < -0.3 is 15.7 Å². The lowest BCUT2D eigenvalue weighted by Crippen LogP contribution is -2.53. The molecule has 1 heterocycles. The van der Waals surface area contributed by atoms with Crippen molar-refractivity contribution in [3.8, 4) is 0 Å². The van der Waals surface area contributed by atoms with Crippen molar-refractivity contribution < 1.29 is 5.11 Å². The first kappa shape index (κ1) is 15.1. The molecular weight excluding hydrogens is 304 g/mol. The lowest BCUT2D eigenvalue weighted by Gasteiger charge is -2.48. The van der Waals surface area contributed by atoms with Crippen molar-refractivity contribution in [3.63, 3.8) is 0 Å². The van der Waals surface area contributed by atoms with Gasteiger partial charge in [0.1, 0.15) is 4.99 Å². The van der Waals surface area contributed by atoms with Crippen LogP contribution in [0, 0.1) is 5.92 Å². The maximum atomic E-state index is 10.7. The summed E-state index contributed by atoms with van der Waals surface area (Å²) in [5, 5.41) is 11.3. The lowest BCUT2D eigenvalue weighted by molar-refractivity contribution is -0.0612. The normalized spacial score (nSPS) is 29.0. The van der Waals surface area contributed by atoms with Crippen molar-refractivity contribution in [1.82, 2.24) is 0 Å². The van der Waals surface area contributed by atoms with Gasteiger partial charge >= 0.3 is 0 Å². The Kier molecular flexibility index (Phi) is 4.12. The standard InChI is InChI=1S/C16H21ClN2OS/c17-14-9-12(4-5-13(14)15(18)21)19-8-7-16(20)6-2-1-3-11(16)10-19/h4-5,9,11,20H,1-3,6-8,10H2,(H2,18,21). The molecule has 0 amide bonds. The number of fused-ring (bicyclic) bond motifs is 1. The molecule has 2 unspecified atom stereocenters. The highest BCUT2D eigenvalue weighted by Gasteiger charge is 2.42. The van der Waals surface area contributed by atoms with Crippen LogP contribution in [0.4, 0.5) is 5.69 Å². The molecule has 0 radical (unpaired) electrons. The van der Waals surface area contributed by atoms with E-state index < -0.39 is 5.60 Å². The highest BCUT2D eigenvalue weighted by molar-refractivity contribution is 7.80. The van der Waals surface area contributed by atoms with E-state index >= 15 is 0 Å². The van der Waals surface area contributed by atoms with Crippen LogP contribution in [0.5, 0.6) is 0 Å². The molecule has 3 N–H and O–H groups in total. The molecule has 2 atom stereocenters. The Morgan fingerprint density at radius 3 is 2.90 bits per heavy atom. The second kappa shape index (κ2) is 5.75. The zero-order valence-electron chi connectivity index (χ0n) is 12.0. The Bertz CT molecular complexity index is 565. The second-order valence-electron chi connectivity index (χ2n) is 6.27. The lowest BCUT2D eigenvalue weighted by atomic mass is 9.71.